The van der Waals surface area contributed by atoms with Gasteiger partial charge in [-0.05, 0) is 12.3 Å². The number of rotatable bonds is 10. The number of aliphatic hydroxyl groups is 1. The Hall–Kier alpha value is -1.18. The van der Waals surface area contributed by atoms with E-state index in [1.165, 1.54) is 7.11 Å². The van der Waals surface area contributed by atoms with Crippen LogP contribution >= 0.6 is 0 Å². The van der Waals surface area contributed by atoms with Crippen molar-refractivity contribution in [3.8, 4) is 0 Å². The third-order valence-electron chi connectivity index (χ3n) is 2.59. The molecule has 3 unspecified atom stereocenters. The van der Waals surface area contributed by atoms with Gasteiger partial charge in [-0.1, -0.05) is 13.3 Å². The summed E-state index contributed by atoms with van der Waals surface area (Å²) < 4.78 is 9.89. The van der Waals surface area contributed by atoms with E-state index in [0.717, 1.165) is 0 Å². The van der Waals surface area contributed by atoms with Crippen molar-refractivity contribution in [3.63, 3.8) is 0 Å². The molecule has 0 aliphatic carbocycles. The molecule has 0 spiro atoms. The molecule has 7 nitrogen and oxygen atoms in total. The molecule has 0 fully saturated rings. The number of carbonyl (C=O) groups is 2. The van der Waals surface area contributed by atoms with Crippen molar-refractivity contribution in [1.82, 2.24) is 0 Å². The second-order valence-corrected chi connectivity index (χ2v) is 3.88. The van der Waals surface area contributed by atoms with Crippen LogP contribution in [0.5, 0.6) is 0 Å². The lowest BCUT2D eigenvalue weighted by Gasteiger charge is -2.24. The molecule has 0 radical (unpaired) electrons. The topological polar surface area (TPSA) is 113 Å². The quantitative estimate of drug-likeness (QED) is 0.474. The van der Waals surface area contributed by atoms with Gasteiger partial charge in [0.2, 0.25) is 0 Å². The van der Waals surface area contributed by atoms with Crippen LogP contribution < -0.4 is 0 Å². The number of carboxylic acids is 2. The fourth-order valence-corrected chi connectivity index (χ4v) is 1.56. The Morgan fingerprint density at radius 2 is 1.78 bits per heavy atom. The number of ether oxygens (including phenoxy) is 2. The molecule has 0 rings (SSSR count). The molecule has 0 aromatic rings. The van der Waals surface area contributed by atoms with Crippen LogP contribution in [0.25, 0.3) is 0 Å². The lowest BCUT2D eigenvalue weighted by Crippen LogP contribution is -2.36. The summed E-state index contributed by atoms with van der Waals surface area (Å²) in [5.41, 5.74) is 0. The van der Waals surface area contributed by atoms with Crippen molar-refractivity contribution in [2.45, 2.75) is 32.0 Å². The first-order valence-electron chi connectivity index (χ1n) is 5.68. The highest BCUT2D eigenvalue weighted by atomic mass is 16.5. The van der Waals surface area contributed by atoms with Crippen LogP contribution in [-0.4, -0.2) is 59.8 Å². The van der Waals surface area contributed by atoms with E-state index in [-0.39, 0.29) is 19.6 Å². The van der Waals surface area contributed by atoms with Crippen LogP contribution in [0.2, 0.25) is 0 Å². The van der Waals surface area contributed by atoms with Crippen LogP contribution in [0.3, 0.4) is 0 Å². The Morgan fingerprint density at radius 1 is 1.17 bits per heavy atom. The third-order valence-corrected chi connectivity index (χ3v) is 2.59. The van der Waals surface area contributed by atoms with Crippen molar-refractivity contribution in [2.24, 2.45) is 5.92 Å². The van der Waals surface area contributed by atoms with E-state index in [1.54, 1.807) is 6.92 Å². The molecular formula is C11H20O7. The average molecular weight is 264 g/mol. The van der Waals surface area contributed by atoms with Gasteiger partial charge in [-0.3, -0.25) is 0 Å². The fraction of sp³-hybridized carbons (Fsp3) is 0.818. The summed E-state index contributed by atoms with van der Waals surface area (Å²) in [4.78, 5) is 21.6. The van der Waals surface area contributed by atoms with Crippen LogP contribution in [0.15, 0.2) is 0 Å². The summed E-state index contributed by atoms with van der Waals surface area (Å²) in [7, 11) is 1.46. The van der Waals surface area contributed by atoms with E-state index in [2.05, 4.69) is 0 Å². The Kier molecular flexibility index (Phi) is 8.27. The molecule has 0 heterocycles. The maximum absolute atomic E-state index is 11.1. The molecule has 3 N–H and O–H groups in total. The standard InChI is InChI=1S/C11H20O7/c1-3-7(6-8(12)10(13)14)9(11(15)16)18-5-4-17-2/h7-9,12H,3-6H2,1-2H3,(H,13,14)(H,15,16). The molecule has 106 valence electrons. The van der Waals surface area contributed by atoms with Gasteiger partial charge in [0.25, 0.3) is 0 Å². The average Bonchev–Trinajstić information content (AvgIpc) is 2.31. The Balaban J connectivity index is 4.51. The minimum Gasteiger partial charge on any atom is -0.479 e. The molecule has 0 saturated carbocycles. The number of hydrogen-bond acceptors (Lipinski definition) is 5. The first-order valence-corrected chi connectivity index (χ1v) is 5.68. The van der Waals surface area contributed by atoms with Crippen molar-refractivity contribution >= 4 is 11.9 Å². The van der Waals surface area contributed by atoms with Gasteiger partial charge in [-0.2, -0.15) is 0 Å². The lowest BCUT2D eigenvalue weighted by atomic mass is 9.92. The van der Waals surface area contributed by atoms with Gasteiger partial charge < -0.3 is 24.8 Å². The fourth-order valence-electron chi connectivity index (χ4n) is 1.56. The first kappa shape index (κ1) is 16.8. The highest BCUT2D eigenvalue weighted by molar-refractivity contribution is 5.74. The summed E-state index contributed by atoms with van der Waals surface area (Å²) in [6.45, 7) is 2.07. The van der Waals surface area contributed by atoms with E-state index in [4.69, 9.17) is 19.7 Å². The van der Waals surface area contributed by atoms with E-state index >= 15 is 0 Å². The zero-order chi connectivity index (χ0) is 14.1. The zero-order valence-electron chi connectivity index (χ0n) is 10.5. The summed E-state index contributed by atoms with van der Waals surface area (Å²) >= 11 is 0. The molecule has 18 heavy (non-hydrogen) atoms. The van der Waals surface area contributed by atoms with Crippen LogP contribution in [-0.2, 0) is 19.1 Å². The molecule has 3 atom stereocenters. The second-order valence-electron chi connectivity index (χ2n) is 3.88. The zero-order valence-corrected chi connectivity index (χ0v) is 10.5. The van der Waals surface area contributed by atoms with Crippen LogP contribution in [0.4, 0.5) is 0 Å². The predicted octanol–water partition coefficient (Wildman–Crippen LogP) is -0.0356. The van der Waals surface area contributed by atoms with E-state index in [1.807, 2.05) is 0 Å². The molecule has 0 saturated heterocycles. The Morgan fingerprint density at radius 3 is 2.17 bits per heavy atom. The number of hydrogen-bond donors (Lipinski definition) is 3. The van der Waals surface area contributed by atoms with Crippen molar-refractivity contribution in [2.75, 3.05) is 20.3 Å². The number of carboxylic acid groups (broad SMARTS) is 2. The van der Waals surface area contributed by atoms with Crippen LogP contribution in [0, 0.1) is 5.92 Å². The third kappa shape index (κ3) is 5.95. The molecule has 0 bridgehead atoms. The van der Waals surface area contributed by atoms with Gasteiger partial charge in [0.05, 0.1) is 13.2 Å². The van der Waals surface area contributed by atoms with Crippen molar-refractivity contribution < 1.29 is 34.4 Å². The molecular weight excluding hydrogens is 244 g/mol. The van der Waals surface area contributed by atoms with E-state index < -0.39 is 30.1 Å². The smallest absolute Gasteiger partial charge is 0.333 e. The van der Waals surface area contributed by atoms with E-state index in [0.29, 0.717) is 6.42 Å². The second kappa shape index (κ2) is 8.84. The Bertz CT molecular complexity index is 266. The molecule has 7 heteroatoms. The summed E-state index contributed by atoms with van der Waals surface area (Å²) in [6.07, 6.45) is -2.48. The van der Waals surface area contributed by atoms with Crippen molar-refractivity contribution in [3.05, 3.63) is 0 Å². The minimum absolute atomic E-state index is 0.104. The van der Waals surface area contributed by atoms with Gasteiger partial charge in [-0.25, -0.2) is 9.59 Å². The number of aliphatic hydroxyl groups excluding tert-OH is 1. The lowest BCUT2D eigenvalue weighted by molar-refractivity contribution is -0.159. The molecule has 0 aliphatic heterocycles. The normalized spacial score (nSPS) is 15.9. The molecule has 0 amide bonds. The Labute approximate surface area is 105 Å². The van der Waals surface area contributed by atoms with Gasteiger partial charge in [0.15, 0.2) is 12.2 Å². The maximum Gasteiger partial charge on any atom is 0.333 e. The monoisotopic (exact) mass is 264 g/mol. The number of methoxy groups -OCH3 is 1. The predicted molar refractivity (Wildman–Crippen MR) is 61.3 cm³/mol. The molecule has 0 aromatic heterocycles. The maximum atomic E-state index is 11.1. The minimum atomic E-state index is -1.58. The largest absolute Gasteiger partial charge is 0.479 e. The highest BCUT2D eigenvalue weighted by Gasteiger charge is 2.31. The summed E-state index contributed by atoms with van der Waals surface area (Å²) in [5, 5.41) is 26.9. The van der Waals surface area contributed by atoms with Gasteiger partial charge in [-0.15, -0.1) is 0 Å². The van der Waals surface area contributed by atoms with Gasteiger partial charge in [0, 0.05) is 7.11 Å². The van der Waals surface area contributed by atoms with Crippen LogP contribution in [0.1, 0.15) is 19.8 Å². The first-order chi connectivity index (χ1) is 8.43. The SMILES string of the molecule is CCC(CC(O)C(=O)O)C(OCCOC)C(=O)O. The number of aliphatic carboxylic acids is 2. The summed E-state index contributed by atoms with van der Waals surface area (Å²) in [5.74, 6) is -3.10. The van der Waals surface area contributed by atoms with Gasteiger partial charge in [0.1, 0.15) is 0 Å². The summed E-state index contributed by atoms with van der Waals surface area (Å²) in [6, 6.07) is 0. The van der Waals surface area contributed by atoms with E-state index in [9.17, 15) is 14.7 Å². The molecule has 0 aromatic carbocycles. The highest BCUT2D eigenvalue weighted by Crippen LogP contribution is 2.19. The van der Waals surface area contributed by atoms with Gasteiger partial charge >= 0.3 is 11.9 Å². The molecule has 0 aliphatic rings. The van der Waals surface area contributed by atoms with Crippen molar-refractivity contribution in [1.29, 1.82) is 0 Å².